The van der Waals surface area contributed by atoms with Crippen molar-refractivity contribution >= 4 is 68.2 Å². The molecule has 1 fully saturated rings. The van der Waals surface area contributed by atoms with Crippen molar-refractivity contribution in [3.63, 3.8) is 0 Å². The molecule has 3 aromatic heterocycles. The summed E-state index contributed by atoms with van der Waals surface area (Å²) in [5.41, 5.74) is 5.53. The maximum absolute atomic E-state index is 13.5. The molecule has 240 valence electrons. The van der Waals surface area contributed by atoms with Crippen molar-refractivity contribution in [1.82, 2.24) is 29.7 Å². The predicted octanol–water partition coefficient (Wildman–Crippen LogP) is 6.33. The Morgan fingerprint density at radius 3 is 2.43 bits per heavy atom. The van der Waals surface area contributed by atoms with Crippen molar-refractivity contribution in [2.45, 2.75) is 25.4 Å². The van der Waals surface area contributed by atoms with Crippen LogP contribution >= 0.6 is 23.1 Å². The summed E-state index contributed by atoms with van der Waals surface area (Å²) in [7, 11) is 2.58. The Morgan fingerprint density at radius 1 is 1.00 bits per heavy atom. The molecule has 0 aliphatic carbocycles. The van der Waals surface area contributed by atoms with E-state index < -0.39 is 7.14 Å². The molecule has 2 aromatic carbocycles. The van der Waals surface area contributed by atoms with E-state index in [-0.39, 0.29) is 5.60 Å². The molecule has 0 atom stereocenters. The van der Waals surface area contributed by atoms with E-state index in [1.54, 1.807) is 50.8 Å². The number of hydrogen-bond donors (Lipinski definition) is 2. The summed E-state index contributed by atoms with van der Waals surface area (Å²) < 4.78 is 27.6. The van der Waals surface area contributed by atoms with Crippen LogP contribution in [0.15, 0.2) is 59.7 Å². The van der Waals surface area contributed by atoms with E-state index >= 15 is 0 Å². The molecule has 0 unspecified atom stereocenters. The lowest BCUT2D eigenvalue weighted by Crippen LogP contribution is -2.43. The standard InChI is InChI=1S/C32H37BrN9O3P/c1-32(45-4)9-13-42(14-10-32)26-16-27(44-3)25(15-21(26)20-17-37-41(2)19-20)39-31-36-18-22(33)30(40-31)38-24-8-7-23-28(35-12-11-34-23)29(24)46(5,6)43/h7-8,11-12,15-19H,9-10,13-14H2,1-6H3,(H2,36,38,39,40). The van der Waals surface area contributed by atoms with Crippen LogP contribution in [0.4, 0.5) is 28.8 Å². The van der Waals surface area contributed by atoms with Gasteiger partial charge in [-0.05, 0) is 67.2 Å². The molecular weight excluding hydrogens is 669 g/mol. The minimum atomic E-state index is -2.76. The van der Waals surface area contributed by atoms with Crippen LogP contribution in [0.5, 0.6) is 5.75 Å². The fraction of sp³-hybridized carbons (Fsp3) is 0.344. The zero-order chi connectivity index (χ0) is 32.6. The second kappa shape index (κ2) is 12.6. The summed E-state index contributed by atoms with van der Waals surface area (Å²) >= 11 is 3.58. The number of piperidine rings is 1. The van der Waals surface area contributed by atoms with E-state index in [2.05, 4.69) is 70.6 Å². The van der Waals surface area contributed by atoms with Crippen LogP contribution in [0.2, 0.25) is 0 Å². The lowest BCUT2D eigenvalue weighted by Gasteiger charge is -2.40. The summed E-state index contributed by atoms with van der Waals surface area (Å²) in [6, 6.07) is 7.81. The molecule has 0 saturated carbocycles. The molecule has 0 bridgehead atoms. The second-order valence-corrected chi connectivity index (χ2v) is 16.0. The van der Waals surface area contributed by atoms with E-state index in [1.165, 1.54) is 0 Å². The molecule has 46 heavy (non-hydrogen) atoms. The van der Waals surface area contributed by atoms with Crippen LogP contribution in [-0.4, -0.2) is 76.0 Å². The van der Waals surface area contributed by atoms with Gasteiger partial charge in [0.15, 0.2) is 0 Å². The van der Waals surface area contributed by atoms with Crippen LogP contribution in [0.3, 0.4) is 0 Å². The van der Waals surface area contributed by atoms with Gasteiger partial charge >= 0.3 is 0 Å². The van der Waals surface area contributed by atoms with E-state index in [4.69, 9.17) is 14.5 Å². The van der Waals surface area contributed by atoms with Gasteiger partial charge in [0.1, 0.15) is 24.2 Å². The van der Waals surface area contributed by atoms with E-state index in [1.807, 2.05) is 31.6 Å². The lowest BCUT2D eigenvalue weighted by atomic mass is 9.92. The number of halogens is 1. The highest BCUT2D eigenvalue weighted by molar-refractivity contribution is 9.10. The predicted molar refractivity (Wildman–Crippen MR) is 187 cm³/mol. The van der Waals surface area contributed by atoms with Gasteiger partial charge in [0, 0.05) is 74.9 Å². The van der Waals surface area contributed by atoms with Crippen LogP contribution in [0, 0.1) is 0 Å². The Morgan fingerprint density at radius 2 is 1.76 bits per heavy atom. The molecule has 1 aliphatic rings. The Hall–Kier alpha value is -4.06. The molecule has 0 spiro atoms. The Bertz CT molecular complexity index is 1950. The maximum Gasteiger partial charge on any atom is 0.229 e. The summed E-state index contributed by atoms with van der Waals surface area (Å²) in [4.78, 5) is 20.6. The zero-order valence-electron chi connectivity index (χ0n) is 26.7. The molecule has 5 aromatic rings. The number of fused-ring (bicyclic) bond motifs is 1. The highest BCUT2D eigenvalue weighted by atomic mass is 79.9. The van der Waals surface area contributed by atoms with Crippen LogP contribution in [0.1, 0.15) is 19.8 Å². The molecule has 12 nitrogen and oxygen atoms in total. The van der Waals surface area contributed by atoms with Crippen molar-refractivity contribution in [3.05, 3.63) is 59.7 Å². The van der Waals surface area contributed by atoms with Crippen molar-refractivity contribution in [2.24, 2.45) is 7.05 Å². The third-order valence-electron chi connectivity index (χ3n) is 8.38. The minimum absolute atomic E-state index is 0.132. The average Bonchev–Trinajstić information content (AvgIpc) is 3.48. The minimum Gasteiger partial charge on any atom is -0.494 e. The zero-order valence-corrected chi connectivity index (χ0v) is 29.2. The van der Waals surface area contributed by atoms with Crippen molar-refractivity contribution in [3.8, 4) is 16.9 Å². The van der Waals surface area contributed by atoms with Gasteiger partial charge in [-0.3, -0.25) is 14.6 Å². The molecule has 0 radical (unpaired) electrons. The summed E-state index contributed by atoms with van der Waals surface area (Å²) in [5, 5.41) is 11.8. The number of aryl methyl sites for hydroxylation is 1. The van der Waals surface area contributed by atoms with E-state index in [0.717, 1.165) is 42.7 Å². The third kappa shape index (κ3) is 6.44. The topological polar surface area (TPSA) is 132 Å². The molecule has 1 aliphatic heterocycles. The molecule has 6 rings (SSSR count). The maximum atomic E-state index is 13.5. The first-order chi connectivity index (χ1) is 22.0. The number of nitrogens with one attached hydrogen (secondary N) is 2. The quantitative estimate of drug-likeness (QED) is 0.167. The van der Waals surface area contributed by atoms with Crippen LogP contribution < -0.4 is 25.6 Å². The lowest BCUT2D eigenvalue weighted by molar-refractivity contribution is -0.0132. The number of rotatable bonds is 9. The van der Waals surface area contributed by atoms with Gasteiger partial charge in [-0.25, -0.2) is 4.98 Å². The molecule has 14 heteroatoms. The number of nitrogens with zero attached hydrogens (tertiary/aromatic N) is 7. The third-order valence-corrected chi connectivity index (χ3v) is 10.5. The molecule has 1 saturated heterocycles. The molecule has 4 heterocycles. The van der Waals surface area contributed by atoms with Gasteiger partial charge in [0.25, 0.3) is 0 Å². The largest absolute Gasteiger partial charge is 0.494 e. The van der Waals surface area contributed by atoms with Crippen LogP contribution in [-0.2, 0) is 16.3 Å². The van der Waals surface area contributed by atoms with E-state index in [0.29, 0.717) is 49.7 Å². The second-order valence-electron chi connectivity index (χ2n) is 12.0. The first-order valence-electron chi connectivity index (χ1n) is 14.8. The van der Waals surface area contributed by atoms with Gasteiger partial charge < -0.3 is 29.6 Å². The number of anilines is 5. The summed E-state index contributed by atoms with van der Waals surface area (Å²) in [6.07, 6.45) is 10.6. The average molecular weight is 707 g/mol. The smallest absolute Gasteiger partial charge is 0.229 e. The number of benzene rings is 2. The van der Waals surface area contributed by atoms with Crippen LogP contribution in [0.25, 0.3) is 22.2 Å². The monoisotopic (exact) mass is 705 g/mol. The molecule has 0 amide bonds. The first kappa shape index (κ1) is 31.9. The highest BCUT2D eigenvalue weighted by Gasteiger charge is 2.31. The molecular formula is C32H37BrN9O3P. The fourth-order valence-electron chi connectivity index (χ4n) is 5.74. The Balaban J connectivity index is 1.36. The number of hydrogen-bond acceptors (Lipinski definition) is 11. The van der Waals surface area contributed by atoms with Gasteiger partial charge in [-0.2, -0.15) is 10.1 Å². The van der Waals surface area contributed by atoms with Gasteiger partial charge in [-0.15, -0.1) is 0 Å². The van der Waals surface area contributed by atoms with E-state index in [9.17, 15) is 4.57 Å². The first-order valence-corrected chi connectivity index (χ1v) is 18.2. The van der Waals surface area contributed by atoms with Crippen molar-refractivity contribution < 1.29 is 14.0 Å². The molecule has 2 N–H and O–H groups in total. The summed E-state index contributed by atoms with van der Waals surface area (Å²) in [6.45, 7) is 7.31. The highest BCUT2D eigenvalue weighted by Crippen LogP contribution is 2.43. The number of ether oxygens (including phenoxy) is 2. The Labute approximate surface area is 276 Å². The van der Waals surface area contributed by atoms with Crippen molar-refractivity contribution in [2.75, 3.05) is 56.2 Å². The van der Waals surface area contributed by atoms with Gasteiger partial charge in [0.2, 0.25) is 5.95 Å². The van der Waals surface area contributed by atoms with Gasteiger partial charge in [0.05, 0.1) is 45.6 Å². The number of aromatic nitrogens is 6. The normalized spacial score (nSPS) is 14.8. The fourth-order valence-corrected chi connectivity index (χ4v) is 7.43. The van der Waals surface area contributed by atoms with Gasteiger partial charge in [-0.1, -0.05) is 0 Å². The Kier molecular flexibility index (Phi) is 8.75. The summed E-state index contributed by atoms with van der Waals surface area (Å²) in [5.74, 6) is 1.49. The number of methoxy groups -OCH3 is 2. The SMILES string of the molecule is COc1cc(N2CCC(C)(OC)CC2)c(-c2cnn(C)c2)cc1Nc1ncc(Br)c(Nc2ccc3nccnc3c2P(C)(C)=O)n1. The van der Waals surface area contributed by atoms with Crippen molar-refractivity contribution in [1.29, 1.82) is 0 Å².